The molecular weight excluding hydrogens is 330 g/mol. The maximum absolute atomic E-state index is 5.65. The molecule has 3 aliphatic heterocycles. The highest BCUT2D eigenvalue weighted by molar-refractivity contribution is 5.68. The average Bonchev–Trinajstić information content (AvgIpc) is 3.39. The SMILES string of the molecule is c1cncc(N2CCc3c(C4CCOC4)nc(N4CCOCC4)nc32)c1. The highest BCUT2D eigenvalue weighted by atomic mass is 16.5. The molecule has 0 aliphatic carbocycles. The second-order valence-electron chi connectivity index (χ2n) is 6.98. The molecule has 1 unspecified atom stereocenters. The van der Waals surface area contributed by atoms with E-state index in [4.69, 9.17) is 19.4 Å². The van der Waals surface area contributed by atoms with Crippen molar-refractivity contribution in [1.82, 2.24) is 15.0 Å². The molecule has 7 heteroatoms. The van der Waals surface area contributed by atoms with Gasteiger partial charge in [-0.2, -0.15) is 4.98 Å². The van der Waals surface area contributed by atoms with Crippen molar-refractivity contribution in [2.24, 2.45) is 0 Å². The lowest BCUT2D eigenvalue weighted by molar-refractivity contribution is 0.122. The van der Waals surface area contributed by atoms with E-state index in [1.807, 2.05) is 12.3 Å². The zero-order chi connectivity index (χ0) is 17.3. The van der Waals surface area contributed by atoms with E-state index in [2.05, 4.69) is 20.9 Å². The highest BCUT2D eigenvalue weighted by Crippen LogP contribution is 2.39. The van der Waals surface area contributed by atoms with Gasteiger partial charge in [0.05, 0.1) is 37.4 Å². The van der Waals surface area contributed by atoms with Crippen molar-refractivity contribution in [3.63, 3.8) is 0 Å². The van der Waals surface area contributed by atoms with Crippen molar-refractivity contribution < 1.29 is 9.47 Å². The van der Waals surface area contributed by atoms with E-state index in [1.54, 1.807) is 6.20 Å². The second kappa shape index (κ2) is 6.81. The molecule has 0 N–H and O–H groups in total. The van der Waals surface area contributed by atoms with Crippen molar-refractivity contribution in [3.8, 4) is 0 Å². The first-order valence-electron chi connectivity index (χ1n) is 9.39. The van der Waals surface area contributed by atoms with Crippen molar-refractivity contribution in [3.05, 3.63) is 35.8 Å². The Hall–Kier alpha value is -2.25. The molecule has 0 spiro atoms. The first kappa shape index (κ1) is 16.0. The van der Waals surface area contributed by atoms with E-state index in [-0.39, 0.29) is 0 Å². The van der Waals surface area contributed by atoms with Crippen molar-refractivity contribution in [1.29, 1.82) is 0 Å². The summed E-state index contributed by atoms with van der Waals surface area (Å²) in [7, 11) is 0. The molecular formula is C19H23N5O2. The highest BCUT2D eigenvalue weighted by Gasteiger charge is 2.32. The van der Waals surface area contributed by atoms with Gasteiger partial charge in [-0.1, -0.05) is 0 Å². The molecule has 0 aromatic carbocycles. The van der Waals surface area contributed by atoms with E-state index in [0.29, 0.717) is 5.92 Å². The minimum Gasteiger partial charge on any atom is -0.381 e. The third-order valence-electron chi connectivity index (χ3n) is 5.41. The van der Waals surface area contributed by atoms with Crippen molar-refractivity contribution in [2.45, 2.75) is 18.8 Å². The molecule has 0 amide bonds. The van der Waals surface area contributed by atoms with Crippen LogP contribution in [-0.4, -0.2) is 61.0 Å². The smallest absolute Gasteiger partial charge is 0.227 e. The van der Waals surface area contributed by atoms with Crippen LogP contribution in [0.2, 0.25) is 0 Å². The maximum atomic E-state index is 5.65. The molecule has 2 aromatic heterocycles. The zero-order valence-corrected chi connectivity index (χ0v) is 14.8. The van der Waals surface area contributed by atoms with Gasteiger partial charge in [0.25, 0.3) is 0 Å². The number of pyridine rings is 1. The Morgan fingerprint density at radius 2 is 1.96 bits per heavy atom. The normalized spacial score (nSPS) is 22.7. The monoisotopic (exact) mass is 353 g/mol. The van der Waals surface area contributed by atoms with Crippen LogP contribution in [0.15, 0.2) is 24.5 Å². The van der Waals surface area contributed by atoms with Gasteiger partial charge in [-0.15, -0.1) is 0 Å². The molecule has 5 rings (SSSR count). The van der Waals surface area contributed by atoms with Crippen LogP contribution in [-0.2, 0) is 15.9 Å². The fourth-order valence-electron chi connectivity index (χ4n) is 4.03. The van der Waals surface area contributed by atoms with E-state index in [0.717, 1.165) is 76.4 Å². The van der Waals surface area contributed by atoms with Crippen molar-refractivity contribution in [2.75, 3.05) is 55.9 Å². The van der Waals surface area contributed by atoms with Gasteiger partial charge in [0, 0.05) is 43.9 Å². The Bertz CT molecular complexity index is 773. The Balaban J connectivity index is 1.59. The summed E-state index contributed by atoms with van der Waals surface area (Å²) in [6, 6.07) is 4.07. The van der Waals surface area contributed by atoms with Crippen LogP contribution in [0.3, 0.4) is 0 Å². The Kier molecular flexibility index (Phi) is 4.18. The van der Waals surface area contributed by atoms with E-state index in [1.165, 1.54) is 11.3 Å². The molecule has 2 aromatic rings. The number of morpholine rings is 1. The van der Waals surface area contributed by atoms with Gasteiger partial charge in [-0.05, 0) is 25.0 Å². The van der Waals surface area contributed by atoms with Crippen LogP contribution < -0.4 is 9.80 Å². The van der Waals surface area contributed by atoms with Crippen LogP contribution in [0.25, 0.3) is 0 Å². The summed E-state index contributed by atoms with van der Waals surface area (Å²) in [5.41, 5.74) is 3.55. The number of hydrogen-bond acceptors (Lipinski definition) is 7. The number of ether oxygens (including phenoxy) is 2. The number of fused-ring (bicyclic) bond motifs is 1. The van der Waals surface area contributed by atoms with Gasteiger partial charge in [-0.25, -0.2) is 4.98 Å². The number of anilines is 3. The van der Waals surface area contributed by atoms with Crippen LogP contribution in [0.1, 0.15) is 23.6 Å². The van der Waals surface area contributed by atoms with E-state index in [9.17, 15) is 0 Å². The topological polar surface area (TPSA) is 63.6 Å². The Labute approximate surface area is 153 Å². The van der Waals surface area contributed by atoms with Gasteiger partial charge in [0.15, 0.2) is 0 Å². The number of aromatic nitrogens is 3. The molecule has 5 heterocycles. The average molecular weight is 353 g/mol. The van der Waals surface area contributed by atoms with Crippen molar-refractivity contribution >= 4 is 17.5 Å². The molecule has 3 aliphatic rings. The predicted octanol–water partition coefficient (Wildman–Crippen LogP) is 1.91. The summed E-state index contributed by atoms with van der Waals surface area (Å²) in [4.78, 5) is 18.8. The lowest BCUT2D eigenvalue weighted by atomic mass is 9.99. The van der Waals surface area contributed by atoms with Gasteiger partial charge < -0.3 is 19.3 Å². The first-order valence-corrected chi connectivity index (χ1v) is 9.39. The summed E-state index contributed by atoms with van der Waals surface area (Å²) >= 11 is 0. The van der Waals surface area contributed by atoms with Crippen LogP contribution >= 0.6 is 0 Å². The minimum atomic E-state index is 0.375. The van der Waals surface area contributed by atoms with E-state index < -0.39 is 0 Å². The quantitative estimate of drug-likeness (QED) is 0.835. The molecule has 7 nitrogen and oxygen atoms in total. The third-order valence-corrected chi connectivity index (χ3v) is 5.41. The minimum absolute atomic E-state index is 0.375. The summed E-state index contributed by atoms with van der Waals surface area (Å²) < 4.78 is 11.1. The Morgan fingerprint density at radius 1 is 1.04 bits per heavy atom. The molecule has 136 valence electrons. The van der Waals surface area contributed by atoms with Crippen LogP contribution in [0.4, 0.5) is 17.5 Å². The molecule has 2 fully saturated rings. The van der Waals surface area contributed by atoms with Crippen LogP contribution in [0.5, 0.6) is 0 Å². The molecule has 0 radical (unpaired) electrons. The number of rotatable bonds is 3. The van der Waals surface area contributed by atoms with Gasteiger partial charge in [0.2, 0.25) is 5.95 Å². The Morgan fingerprint density at radius 3 is 2.73 bits per heavy atom. The summed E-state index contributed by atoms with van der Waals surface area (Å²) in [5.74, 6) is 2.24. The number of nitrogens with zero attached hydrogens (tertiary/aromatic N) is 5. The molecule has 1 atom stereocenters. The van der Waals surface area contributed by atoms with E-state index >= 15 is 0 Å². The fraction of sp³-hybridized carbons (Fsp3) is 0.526. The van der Waals surface area contributed by atoms with Gasteiger partial charge in [0.1, 0.15) is 5.82 Å². The van der Waals surface area contributed by atoms with Gasteiger partial charge >= 0.3 is 0 Å². The standard InChI is InChI=1S/C19H23N5O2/c1-2-15(12-20-5-1)24-6-3-16-17(14-4-9-26-13-14)21-19(22-18(16)24)23-7-10-25-11-8-23/h1-2,5,12,14H,3-4,6-11,13H2. The molecule has 0 saturated carbocycles. The van der Waals surface area contributed by atoms with Crippen LogP contribution in [0, 0.1) is 0 Å². The maximum Gasteiger partial charge on any atom is 0.227 e. The lowest BCUT2D eigenvalue weighted by Gasteiger charge is -2.29. The fourth-order valence-corrected chi connectivity index (χ4v) is 4.03. The van der Waals surface area contributed by atoms with Gasteiger partial charge in [-0.3, -0.25) is 4.98 Å². The summed E-state index contributed by atoms with van der Waals surface area (Å²) in [6.45, 7) is 5.65. The largest absolute Gasteiger partial charge is 0.381 e. The second-order valence-corrected chi connectivity index (χ2v) is 6.98. The molecule has 2 saturated heterocycles. The predicted molar refractivity (Wildman–Crippen MR) is 98.2 cm³/mol. The zero-order valence-electron chi connectivity index (χ0n) is 14.8. The lowest BCUT2D eigenvalue weighted by Crippen LogP contribution is -2.37. The summed E-state index contributed by atoms with van der Waals surface area (Å²) in [5, 5.41) is 0. The first-order chi connectivity index (χ1) is 12.9. The summed E-state index contributed by atoms with van der Waals surface area (Å²) in [6.07, 6.45) is 5.73. The number of hydrogen-bond donors (Lipinski definition) is 0. The molecule has 26 heavy (non-hydrogen) atoms. The third kappa shape index (κ3) is 2.81. The molecule has 0 bridgehead atoms.